The highest BCUT2D eigenvalue weighted by Gasteiger charge is 2.32. The van der Waals surface area contributed by atoms with Crippen LogP contribution in [0.2, 0.25) is 0 Å². The maximum absolute atomic E-state index is 13.1. The third kappa shape index (κ3) is 4.27. The summed E-state index contributed by atoms with van der Waals surface area (Å²) in [5.41, 5.74) is 10.1. The van der Waals surface area contributed by atoms with E-state index in [2.05, 4.69) is 11.4 Å². The largest absolute Gasteiger partial charge is 0.376 e. The zero-order valence-electron chi connectivity index (χ0n) is 18.6. The van der Waals surface area contributed by atoms with Crippen molar-refractivity contribution in [2.45, 2.75) is 58.3 Å². The van der Waals surface area contributed by atoms with Crippen molar-refractivity contribution < 1.29 is 14.3 Å². The lowest BCUT2D eigenvalue weighted by atomic mass is 9.93. The molecular formula is C24H29N5O3. The van der Waals surface area contributed by atoms with E-state index in [1.165, 1.54) is 0 Å². The Bertz CT molecular complexity index is 1080. The van der Waals surface area contributed by atoms with E-state index in [1.807, 2.05) is 42.7 Å². The quantitative estimate of drug-likeness (QED) is 0.721. The summed E-state index contributed by atoms with van der Waals surface area (Å²) in [5.74, 6) is -0.229. The van der Waals surface area contributed by atoms with Gasteiger partial charge in [-0.05, 0) is 49.8 Å². The first-order valence-electron chi connectivity index (χ1n) is 11.0. The number of carbonyl (C=O) groups excluding carboxylic acids is 2. The Kier molecular flexibility index (Phi) is 6.31. The topological polar surface area (TPSA) is 113 Å². The number of rotatable bonds is 6. The van der Waals surface area contributed by atoms with E-state index in [0.29, 0.717) is 30.9 Å². The number of hydrogen-bond acceptors (Lipinski definition) is 5. The minimum Gasteiger partial charge on any atom is -0.376 e. The van der Waals surface area contributed by atoms with Gasteiger partial charge in [0.1, 0.15) is 11.9 Å². The van der Waals surface area contributed by atoms with Crippen molar-refractivity contribution in [3.8, 4) is 6.07 Å². The van der Waals surface area contributed by atoms with Gasteiger partial charge in [-0.3, -0.25) is 14.5 Å². The summed E-state index contributed by atoms with van der Waals surface area (Å²) in [6.45, 7) is 5.64. The molecule has 0 spiro atoms. The van der Waals surface area contributed by atoms with Crippen molar-refractivity contribution >= 4 is 17.6 Å². The fourth-order valence-corrected chi connectivity index (χ4v) is 4.73. The van der Waals surface area contributed by atoms with Crippen LogP contribution < -0.4 is 11.1 Å². The van der Waals surface area contributed by atoms with Crippen LogP contribution in [0.3, 0.4) is 0 Å². The summed E-state index contributed by atoms with van der Waals surface area (Å²) >= 11 is 0. The number of ether oxygens (including phenoxy) is 1. The molecule has 2 aliphatic rings. The molecule has 3 heterocycles. The Morgan fingerprint density at radius 3 is 2.69 bits per heavy atom. The first-order valence-corrected chi connectivity index (χ1v) is 11.0. The summed E-state index contributed by atoms with van der Waals surface area (Å²) in [6, 6.07) is 9.57. The molecular weight excluding hydrogens is 406 g/mol. The Labute approximate surface area is 187 Å². The monoisotopic (exact) mass is 435 g/mol. The minimum atomic E-state index is -0.548. The molecule has 1 aromatic carbocycles. The maximum Gasteiger partial charge on any atom is 0.239 e. The van der Waals surface area contributed by atoms with Crippen LogP contribution in [0.25, 0.3) is 0 Å². The molecule has 1 aromatic heterocycles. The summed E-state index contributed by atoms with van der Waals surface area (Å²) in [7, 11) is 0. The van der Waals surface area contributed by atoms with Crippen LogP contribution in [0.4, 0.5) is 5.82 Å². The Balaban J connectivity index is 1.55. The molecule has 0 unspecified atom stereocenters. The van der Waals surface area contributed by atoms with Crippen LogP contribution in [0.1, 0.15) is 40.8 Å². The summed E-state index contributed by atoms with van der Waals surface area (Å²) < 4.78 is 7.74. The van der Waals surface area contributed by atoms with Crippen molar-refractivity contribution in [2.75, 3.05) is 18.5 Å². The van der Waals surface area contributed by atoms with Crippen molar-refractivity contribution in [3.63, 3.8) is 0 Å². The van der Waals surface area contributed by atoms with Gasteiger partial charge in [0.2, 0.25) is 11.8 Å². The van der Waals surface area contributed by atoms with Crippen LogP contribution in [0.15, 0.2) is 24.3 Å². The molecule has 0 bridgehead atoms. The number of nitriles is 1. The highest BCUT2D eigenvalue weighted by atomic mass is 16.5. The molecule has 0 saturated carbocycles. The predicted octanol–water partition coefficient (Wildman–Crippen LogP) is 2.01. The van der Waals surface area contributed by atoms with E-state index in [1.54, 1.807) is 4.90 Å². The van der Waals surface area contributed by atoms with Gasteiger partial charge in [0.15, 0.2) is 0 Å². The molecule has 3 N–H and O–H groups in total. The molecule has 32 heavy (non-hydrogen) atoms. The van der Waals surface area contributed by atoms with E-state index in [-0.39, 0.29) is 18.6 Å². The van der Waals surface area contributed by atoms with Crippen LogP contribution in [-0.2, 0) is 33.8 Å². The summed E-state index contributed by atoms with van der Waals surface area (Å²) in [6.07, 6.45) is 2.53. The number of anilines is 1. The average Bonchev–Trinajstić information content (AvgIpc) is 3.36. The lowest BCUT2D eigenvalue weighted by molar-refractivity contribution is -0.125. The molecule has 2 amide bonds. The van der Waals surface area contributed by atoms with Crippen molar-refractivity contribution in [3.05, 3.63) is 52.2 Å². The molecule has 8 heteroatoms. The SMILES string of the molecule is Cc1c(C#N)c(NC(=O)CN2Cc3ccccc3C[C@H]2C(N)=O)n(C[C@H]2CCCO2)c1C. The summed E-state index contributed by atoms with van der Waals surface area (Å²) in [4.78, 5) is 27.0. The fraction of sp³-hybridized carbons (Fsp3) is 0.458. The zero-order chi connectivity index (χ0) is 22.8. The van der Waals surface area contributed by atoms with Gasteiger partial charge in [-0.2, -0.15) is 5.26 Å². The Morgan fingerprint density at radius 2 is 2.03 bits per heavy atom. The number of nitrogens with two attached hydrogens (primary N) is 1. The zero-order valence-corrected chi connectivity index (χ0v) is 18.6. The number of nitrogens with zero attached hydrogens (tertiary/aromatic N) is 3. The third-order valence-corrected chi connectivity index (χ3v) is 6.63. The van der Waals surface area contributed by atoms with E-state index >= 15 is 0 Å². The number of nitrogens with one attached hydrogen (secondary N) is 1. The molecule has 0 aliphatic carbocycles. The number of fused-ring (bicyclic) bond motifs is 1. The van der Waals surface area contributed by atoms with Gasteiger partial charge in [-0.15, -0.1) is 0 Å². The van der Waals surface area contributed by atoms with Crippen LogP contribution in [-0.4, -0.2) is 46.6 Å². The molecule has 1 fully saturated rings. The lowest BCUT2D eigenvalue weighted by Gasteiger charge is -2.34. The van der Waals surface area contributed by atoms with Gasteiger partial charge in [0.25, 0.3) is 0 Å². The van der Waals surface area contributed by atoms with E-state index in [9.17, 15) is 14.9 Å². The van der Waals surface area contributed by atoms with Gasteiger partial charge in [-0.25, -0.2) is 0 Å². The number of primary amides is 1. The van der Waals surface area contributed by atoms with Crippen LogP contribution in [0.5, 0.6) is 0 Å². The number of aromatic nitrogens is 1. The Hall–Kier alpha value is -3.15. The van der Waals surface area contributed by atoms with Crippen molar-refractivity contribution in [1.29, 1.82) is 5.26 Å². The van der Waals surface area contributed by atoms with Gasteiger partial charge >= 0.3 is 0 Å². The molecule has 0 radical (unpaired) electrons. The van der Waals surface area contributed by atoms with Gasteiger partial charge in [0, 0.05) is 18.8 Å². The second kappa shape index (κ2) is 9.15. The molecule has 168 valence electrons. The van der Waals surface area contributed by atoms with Gasteiger partial charge in [-0.1, -0.05) is 24.3 Å². The fourth-order valence-electron chi connectivity index (χ4n) is 4.73. The standard InChI is InChI=1S/C24H29N5O3/c1-15-16(2)29(13-19-8-5-9-32-19)24(20(15)11-25)27-22(30)14-28-12-18-7-4-3-6-17(18)10-21(28)23(26)31/h3-4,6-7,19,21H,5,8-10,12-14H2,1-2H3,(H2,26,31)(H,27,30)/t19-,21+/m1/s1. The van der Waals surface area contributed by atoms with Crippen LogP contribution >= 0.6 is 0 Å². The Morgan fingerprint density at radius 1 is 1.28 bits per heavy atom. The smallest absolute Gasteiger partial charge is 0.239 e. The number of hydrogen-bond donors (Lipinski definition) is 2. The molecule has 2 aromatic rings. The molecule has 1 saturated heterocycles. The normalized spacial score (nSPS) is 20.5. The third-order valence-electron chi connectivity index (χ3n) is 6.63. The second-order valence-electron chi connectivity index (χ2n) is 8.64. The van der Waals surface area contributed by atoms with Crippen LogP contribution in [0, 0.1) is 25.2 Å². The predicted molar refractivity (Wildman–Crippen MR) is 120 cm³/mol. The average molecular weight is 436 g/mol. The van der Waals surface area contributed by atoms with E-state index < -0.39 is 11.9 Å². The number of amides is 2. The minimum absolute atomic E-state index is 0.00993. The van der Waals surface area contributed by atoms with Gasteiger partial charge < -0.3 is 20.4 Å². The lowest BCUT2D eigenvalue weighted by Crippen LogP contribution is -2.51. The molecule has 4 rings (SSSR count). The first kappa shape index (κ1) is 22.1. The molecule has 2 atom stereocenters. The first-order chi connectivity index (χ1) is 15.4. The molecule has 2 aliphatic heterocycles. The van der Waals surface area contributed by atoms with Crippen molar-refractivity contribution in [2.24, 2.45) is 5.73 Å². The summed E-state index contributed by atoms with van der Waals surface area (Å²) in [5, 5.41) is 12.7. The van der Waals surface area contributed by atoms with Crippen molar-refractivity contribution in [1.82, 2.24) is 9.47 Å². The number of carbonyl (C=O) groups is 2. The second-order valence-corrected chi connectivity index (χ2v) is 8.64. The van der Waals surface area contributed by atoms with E-state index in [0.717, 1.165) is 41.8 Å². The van der Waals surface area contributed by atoms with E-state index in [4.69, 9.17) is 10.5 Å². The molecule has 8 nitrogen and oxygen atoms in total. The maximum atomic E-state index is 13.1. The highest BCUT2D eigenvalue weighted by Crippen LogP contribution is 2.29. The highest BCUT2D eigenvalue weighted by molar-refractivity contribution is 5.94. The van der Waals surface area contributed by atoms with Gasteiger partial charge in [0.05, 0.1) is 30.8 Å². The number of benzene rings is 1.